The molecular weight excluding hydrogens is 80.1 g/mol. The largest absolute Gasteiger partial charge is 0.175 e. The molecule has 0 rings (SSSR count). The van der Waals surface area contributed by atoms with Crippen LogP contribution >= 0.6 is 12.6 Å². The van der Waals surface area contributed by atoms with Gasteiger partial charge in [0.15, 0.2) is 0 Å². The van der Waals surface area contributed by atoms with Crippen LogP contribution in [0.15, 0.2) is 12.2 Å². The summed E-state index contributed by atoms with van der Waals surface area (Å²) in [5, 5.41) is 0. The van der Waals surface area contributed by atoms with Gasteiger partial charge in [-0.15, -0.1) is 0 Å². The average molecular weight is 88.2 g/mol. The van der Waals surface area contributed by atoms with E-state index in [2.05, 4.69) is 12.6 Å². The van der Waals surface area contributed by atoms with Gasteiger partial charge in [-0.25, -0.2) is 0 Å². The second-order valence-corrected chi connectivity index (χ2v) is 1.12. The van der Waals surface area contributed by atoms with Gasteiger partial charge in [-0.05, 0) is 6.92 Å². The number of hydrogen-bond acceptors (Lipinski definition) is 1. The van der Waals surface area contributed by atoms with E-state index in [1.54, 1.807) is 0 Å². The zero-order valence-electron chi connectivity index (χ0n) is 3.31. The Morgan fingerprint density at radius 2 is 2.40 bits per heavy atom. The summed E-state index contributed by atoms with van der Waals surface area (Å²) in [6.07, 6.45) is 3.97. The lowest BCUT2D eigenvalue weighted by molar-refractivity contribution is 1.66. The molecule has 0 nitrogen and oxygen atoms in total. The van der Waals surface area contributed by atoms with Gasteiger partial charge in [0, 0.05) is 5.75 Å². The zero-order valence-corrected chi connectivity index (χ0v) is 4.20. The van der Waals surface area contributed by atoms with Crippen molar-refractivity contribution in [2.24, 2.45) is 0 Å². The molecule has 0 N–H and O–H groups in total. The predicted octanol–water partition coefficient (Wildman–Crippen LogP) is 1.49. The minimum absolute atomic E-state index is 0.858. The van der Waals surface area contributed by atoms with Crippen molar-refractivity contribution in [1.29, 1.82) is 0 Å². The number of thiol groups is 1. The number of allylic oxidation sites excluding steroid dienone is 1. The molecule has 0 saturated heterocycles. The number of rotatable bonds is 1. The van der Waals surface area contributed by atoms with Gasteiger partial charge in [-0.2, -0.15) is 12.6 Å². The normalized spacial score (nSPS) is 10.0. The highest BCUT2D eigenvalue weighted by atomic mass is 32.1. The Morgan fingerprint density at radius 3 is 2.40 bits per heavy atom. The molecule has 0 aromatic heterocycles. The van der Waals surface area contributed by atoms with Crippen molar-refractivity contribution in [1.82, 2.24) is 0 Å². The van der Waals surface area contributed by atoms with E-state index in [1.807, 2.05) is 19.1 Å². The Bertz CT molecular complexity index is 30.6. The smallest absolute Gasteiger partial charge is 0.00824 e. The SMILES string of the molecule is C/C=C\CS. The molecule has 0 aliphatic heterocycles. The van der Waals surface area contributed by atoms with E-state index >= 15 is 0 Å². The Labute approximate surface area is 38.3 Å². The summed E-state index contributed by atoms with van der Waals surface area (Å²) in [4.78, 5) is 0. The fraction of sp³-hybridized carbons (Fsp3) is 0.500. The van der Waals surface area contributed by atoms with Crippen molar-refractivity contribution >= 4 is 12.6 Å². The summed E-state index contributed by atoms with van der Waals surface area (Å²) >= 11 is 3.91. The Hall–Kier alpha value is 0.0900. The summed E-state index contributed by atoms with van der Waals surface area (Å²) < 4.78 is 0. The van der Waals surface area contributed by atoms with Crippen molar-refractivity contribution in [3.63, 3.8) is 0 Å². The summed E-state index contributed by atoms with van der Waals surface area (Å²) in [5.41, 5.74) is 0. The molecule has 30 valence electrons. The van der Waals surface area contributed by atoms with Gasteiger partial charge in [0.2, 0.25) is 0 Å². The van der Waals surface area contributed by atoms with Crippen molar-refractivity contribution < 1.29 is 0 Å². The molecule has 0 aliphatic carbocycles. The van der Waals surface area contributed by atoms with Crippen LogP contribution in [0.3, 0.4) is 0 Å². The first kappa shape index (κ1) is 5.09. The van der Waals surface area contributed by atoms with Gasteiger partial charge in [-0.1, -0.05) is 12.2 Å². The molecule has 0 saturated carbocycles. The van der Waals surface area contributed by atoms with Crippen LogP contribution in [0.5, 0.6) is 0 Å². The first-order chi connectivity index (χ1) is 2.41. The third kappa shape index (κ3) is 4.09. The molecular formula is C4H8S. The van der Waals surface area contributed by atoms with E-state index in [1.165, 1.54) is 0 Å². The minimum atomic E-state index is 0.858. The molecule has 0 aliphatic rings. The molecule has 0 atom stereocenters. The highest BCUT2D eigenvalue weighted by molar-refractivity contribution is 7.80. The molecule has 0 radical (unpaired) electrons. The summed E-state index contributed by atoms with van der Waals surface area (Å²) in [6.45, 7) is 1.98. The highest BCUT2D eigenvalue weighted by Gasteiger charge is 1.52. The summed E-state index contributed by atoms with van der Waals surface area (Å²) in [7, 11) is 0. The van der Waals surface area contributed by atoms with E-state index in [9.17, 15) is 0 Å². The molecule has 0 unspecified atom stereocenters. The van der Waals surface area contributed by atoms with E-state index in [4.69, 9.17) is 0 Å². The lowest BCUT2D eigenvalue weighted by Gasteiger charge is -1.64. The van der Waals surface area contributed by atoms with Gasteiger partial charge in [0.1, 0.15) is 0 Å². The predicted molar refractivity (Wildman–Crippen MR) is 28.7 cm³/mol. The van der Waals surface area contributed by atoms with Crippen molar-refractivity contribution in [2.75, 3.05) is 5.75 Å². The second kappa shape index (κ2) is 4.09. The summed E-state index contributed by atoms with van der Waals surface area (Å²) in [5.74, 6) is 0.858. The molecule has 0 bridgehead atoms. The fourth-order valence-corrected chi connectivity index (χ4v) is 0.316. The minimum Gasteiger partial charge on any atom is -0.175 e. The standard InChI is InChI=1S/C4H8S/c1-2-3-4-5/h2-3,5H,4H2,1H3/b3-2-. The molecule has 0 heterocycles. The van der Waals surface area contributed by atoms with Crippen LogP contribution in [0.1, 0.15) is 6.92 Å². The van der Waals surface area contributed by atoms with Crippen molar-refractivity contribution in [2.45, 2.75) is 6.92 Å². The quantitative estimate of drug-likeness (QED) is 0.364. The van der Waals surface area contributed by atoms with Crippen molar-refractivity contribution in [3.05, 3.63) is 12.2 Å². The molecule has 5 heavy (non-hydrogen) atoms. The molecule has 0 amide bonds. The highest BCUT2D eigenvalue weighted by Crippen LogP contribution is 1.72. The van der Waals surface area contributed by atoms with Gasteiger partial charge >= 0.3 is 0 Å². The van der Waals surface area contributed by atoms with Crippen LogP contribution < -0.4 is 0 Å². The molecule has 0 spiro atoms. The van der Waals surface area contributed by atoms with Crippen LogP contribution in [0.25, 0.3) is 0 Å². The number of hydrogen-bond donors (Lipinski definition) is 1. The summed E-state index contributed by atoms with van der Waals surface area (Å²) in [6, 6.07) is 0. The maximum absolute atomic E-state index is 3.91. The van der Waals surface area contributed by atoms with E-state index in [-0.39, 0.29) is 0 Å². The van der Waals surface area contributed by atoms with Crippen molar-refractivity contribution in [3.8, 4) is 0 Å². The maximum atomic E-state index is 3.91. The van der Waals surface area contributed by atoms with E-state index < -0.39 is 0 Å². The van der Waals surface area contributed by atoms with E-state index in [0.29, 0.717) is 0 Å². The zero-order chi connectivity index (χ0) is 4.12. The van der Waals surface area contributed by atoms with Gasteiger partial charge in [0.05, 0.1) is 0 Å². The molecule has 0 aromatic rings. The van der Waals surface area contributed by atoms with Crippen LogP contribution in [0, 0.1) is 0 Å². The van der Waals surface area contributed by atoms with Crippen LogP contribution in [0.4, 0.5) is 0 Å². The van der Waals surface area contributed by atoms with Gasteiger partial charge in [0.25, 0.3) is 0 Å². The Balaban J connectivity index is 2.62. The lowest BCUT2D eigenvalue weighted by atomic mass is 10.6. The van der Waals surface area contributed by atoms with Crippen LogP contribution in [-0.2, 0) is 0 Å². The molecule has 0 aromatic carbocycles. The van der Waals surface area contributed by atoms with Gasteiger partial charge < -0.3 is 0 Å². The third-order valence-corrected chi connectivity index (χ3v) is 0.552. The topological polar surface area (TPSA) is 0 Å². The van der Waals surface area contributed by atoms with Gasteiger partial charge in [-0.3, -0.25) is 0 Å². The average Bonchev–Trinajstić information content (AvgIpc) is 1.41. The van der Waals surface area contributed by atoms with Crippen LogP contribution in [-0.4, -0.2) is 5.75 Å². The first-order valence-electron chi connectivity index (χ1n) is 1.64. The Morgan fingerprint density at radius 1 is 1.80 bits per heavy atom. The maximum Gasteiger partial charge on any atom is 0.00824 e. The fourth-order valence-electron chi connectivity index (χ4n) is 0.105. The monoisotopic (exact) mass is 88.0 g/mol. The van der Waals surface area contributed by atoms with Crippen LogP contribution in [0.2, 0.25) is 0 Å². The first-order valence-corrected chi connectivity index (χ1v) is 2.27. The second-order valence-electron chi connectivity index (χ2n) is 0.752. The molecule has 1 heteroatoms. The Kier molecular flexibility index (Phi) is 4.16. The third-order valence-electron chi connectivity index (χ3n) is 0.341. The van der Waals surface area contributed by atoms with E-state index in [0.717, 1.165) is 5.75 Å². The lowest BCUT2D eigenvalue weighted by Crippen LogP contribution is -1.51. The molecule has 0 fully saturated rings.